The average molecular weight is 254 g/mol. The van der Waals surface area contributed by atoms with E-state index in [9.17, 15) is 5.21 Å². The van der Waals surface area contributed by atoms with E-state index >= 15 is 0 Å². The summed E-state index contributed by atoms with van der Waals surface area (Å²) >= 11 is 1.16. The first kappa shape index (κ1) is 12.2. The van der Waals surface area contributed by atoms with Gasteiger partial charge < -0.3 is 5.21 Å². The van der Waals surface area contributed by atoms with E-state index < -0.39 is 0 Å². The Morgan fingerprint density at radius 1 is 1.17 bits per heavy atom. The van der Waals surface area contributed by atoms with Crippen molar-refractivity contribution < 1.29 is 4.73 Å². The molecule has 88 valence electrons. The Bertz CT molecular complexity index is 603. The van der Waals surface area contributed by atoms with Crippen LogP contribution in [0.15, 0.2) is 64.7 Å². The average Bonchev–Trinajstić information content (AvgIpc) is 2.41. The zero-order valence-electron chi connectivity index (χ0n) is 9.48. The number of hydrogen-bond acceptors (Lipinski definition) is 3. The molecule has 2 aromatic rings. The van der Waals surface area contributed by atoms with Gasteiger partial charge in [0, 0.05) is 12.1 Å². The van der Waals surface area contributed by atoms with Crippen LogP contribution in [0.1, 0.15) is 5.56 Å². The lowest BCUT2D eigenvalue weighted by Gasteiger charge is -2.01. The summed E-state index contributed by atoms with van der Waals surface area (Å²) in [6.07, 6.45) is 3.18. The highest BCUT2D eigenvalue weighted by Gasteiger charge is 2.08. The third-order valence-electron chi connectivity index (χ3n) is 2.21. The second kappa shape index (κ2) is 5.89. The highest BCUT2D eigenvalue weighted by atomic mass is 32.2. The predicted octanol–water partition coefficient (Wildman–Crippen LogP) is 2.98. The molecule has 0 spiro atoms. The summed E-state index contributed by atoms with van der Waals surface area (Å²) in [5.41, 5.74) is 0.940. The molecule has 1 aromatic heterocycles. The fourth-order valence-electron chi connectivity index (χ4n) is 1.39. The van der Waals surface area contributed by atoms with Crippen LogP contribution < -0.4 is 4.73 Å². The van der Waals surface area contributed by atoms with Gasteiger partial charge in [0.1, 0.15) is 6.07 Å². The Labute approximate surface area is 110 Å². The molecule has 2 rings (SSSR count). The monoisotopic (exact) mass is 254 g/mol. The van der Waals surface area contributed by atoms with Gasteiger partial charge in [0.25, 0.3) is 5.03 Å². The Morgan fingerprint density at radius 3 is 2.56 bits per heavy atom. The van der Waals surface area contributed by atoms with E-state index in [1.54, 1.807) is 24.3 Å². The Balaban J connectivity index is 2.24. The highest BCUT2D eigenvalue weighted by molar-refractivity contribution is 8.03. The van der Waals surface area contributed by atoms with Crippen molar-refractivity contribution in [1.82, 2.24) is 0 Å². The molecule has 0 aliphatic rings. The highest BCUT2D eigenvalue weighted by Crippen LogP contribution is 2.24. The number of allylic oxidation sites excluding steroid dienone is 1. The maximum absolute atomic E-state index is 11.5. The summed E-state index contributed by atoms with van der Waals surface area (Å²) in [6, 6.07) is 16.8. The van der Waals surface area contributed by atoms with Gasteiger partial charge in [-0.15, -0.1) is 0 Å². The van der Waals surface area contributed by atoms with E-state index in [0.29, 0.717) is 9.93 Å². The second-order valence-electron chi connectivity index (χ2n) is 3.50. The Kier molecular flexibility index (Phi) is 4.00. The lowest BCUT2D eigenvalue weighted by Crippen LogP contribution is -2.27. The first-order valence-corrected chi connectivity index (χ1v) is 6.14. The molecule has 0 bridgehead atoms. The minimum absolute atomic E-state index is 0.483. The molecule has 0 atom stereocenters. The zero-order valence-corrected chi connectivity index (χ0v) is 10.3. The smallest absolute Gasteiger partial charge is 0.256 e. The fourth-order valence-corrected chi connectivity index (χ4v) is 2.15. The van der Waals surface area contributed by atoms with E-state index in [4.69, 9.17) is 5.26 Å². The van der Waals surface area contributed by atoms with Gasteiger partial charge in [0.2, 0.25) is 0 Å². The number of rotatable bonds is 3. The number of aromatic nitrogens is 1. The van der Waals surface area contributed by atoms with Gasteiger partial charge in [0.15, 0.2) is 6.20 Å². The summed E-state index contributed by atoms with van der Waals surface area (Å²) < 4.78 is 0.751. The molecule has 0 unspecified atom stereocenters. The molecule has 3 nitrogen and oxygen atoms in total. The molecular weight excluding hydrogens is 244 g/mol. The number of thioether (sulfide) groups is 1. The zero-order chi connectivity index (χ0) is 12.8. The predicted molar refractivity (Wildman–Crippen MR) is 71.3 cm³/mol. The van der Waals surface area contributed by atoms with Crippen LogP contribution in [0.25, 0.3) is 6.08 Å². The molecular formula is C14H10N2OS. The van der Waals surface area contributed by atoms with Crippen molar-refractivity contribution in [1.29, 1.82) is 5.26 Å². The van der Waals surface area contributed by atoms with Gasteiger partial charge in [-0.1, -0.05) is 30.3 Å². The topological polar surface area (TPSA) is 50.7 Å². The van der Waals surface area contributed by atoms with Crippen LogP contribution in [0.5, 0.6) is 0 Å². The van der Waals surface area contributed by atoms with Gasteiger partial charge in [-0.2, -0.15) is 9.99 Å². The van der Waals surface area contributed by atoms with Crippen molar-refractivity contribution in [3.8, 4) is 6.07 Å². The first-order valence-electron chi connectivity index (χ1n) is 5.32. The molecule has 0 N–H and O–H groups in total. The number of benzene rings is 1. The van der Waals surface area contributed by atoms with Crippen LogP contribution in [0.4, 0.5) is 0 Å². The molecule has 0 radical (unpaired) electrons. The van der Waals surface area contributed by atoms with E-state index in [-0.39, 0.29) is 0 Å². The van der Waals surface area contributed by atoms with Crippen LogP contribution in [-0.2, 0) is 0 Å². The van der Waals surface area contributed by atoms with Crippen molar-refractivity contribution in [3.63, 3.8) is 0 Å². The summed E-state index contributed by atoms with van der Waals surface area (Å²) in [4.78, 5) is 0.483. The molecule has 0 fully saturated rings. The molecule has 1 aromatic carbocycles. The lowest BCUT2D eigenvalue weighted by molar-refractivity contribution is -0.645. The molecule has 18 heavy (non-hydrogen) atoms. The largest absolute Gasteiger partial charge is 0.618 e. The van der Waals surface area contributed by atoms with Crippen molar-refractivity contribution in [2.75, 3.05) is 0 Å². The van der Waals surface area contributed by atoms with Gasteiger partial charge in [0.05, 0.1) is 4.91 Å². The van der Waals surface area contributed by atoms with Crippen molar-refractivity contribution in [2.24, 2.45) is 0 Å². The van der Waals surface area contributed by atoms with E-state index in [2.05, 4.69) is 6.07 Å². The normalized spacial score (nSPS) is 10.9. The van der Waals surface area contributed by atoms with Gasteiger partial charge in [-0.3, -0.25) is 0 Å². The van der Waals surface area contributed by atoms with Gasteiger partial charge in [-0.05, 0) is 29.5 Å². The maximum atomic E-state index is 11.5. The number of nitrogens with zero attached hydrogens (tertiary/aromatic N) is 2. The van der Waals surface area contributed by atoms with Crippen molar-refractivity contribution >= 4 is 17.8 Å². The molecule has 0 aliphatic carbocycles. The summed E-state index contributed by atoms with van der Waals surface area (Å²) in [7, 11) is 0. The first-order chi connectivity index (χ1) is 8.79. The molecule has 4 heteroatoms. The van der Waals surface area contributed by atoms with Gasteiger partial charge in [-0.25, -0.2) is 0 Å². The van der Waals surface area contributed by atoms with Crippen LogP contribution in [0.2, 0.25) is 0 Å². The second-order valence-corrected chi connectivity index (χ2v) is 4.56. The molecule has 0 saturated carbocycles. The summed E-state index contributed by atoms with van der Waals surface area (Å²) in [5, 5.41) is 21.1. The third kappa shape index (κ3) is 3.12. The summed E-state index contributed by atoms with van der Waals surface area (Å²) in [5.74, 6) is 0. The standard InChI is InChI=1S/C14H10N2OS/c15-11-13(10-12-6-2-1-3-7-12)18-14-8-4-5-9-16(14)17/h1-10H. The summed E-state index contributed by atoms with van der Waals surface area (Å²) in [6.45, 7) is 0. The minimum atomic E-state index is 0.483. The van der Waals surface area contributed by atoms with E-state index in [0.717, 1.165) is 22.1 Å². The number of nitriles is 1. The van der Waals surface area contributed by atoms with Gasteiger partial charge >= 0.3 is 0 Å². The molecule has 0 aliphatic heterocycles. The van der Waals surface area contributed by atoms with E-state index in [1.165, 1.54) is 6.20 Å². The molecule has 0 saturated heterocycles. The SMILES string of the molecule is N#CC(=Cc1ccccc1)Sc1cccc[n+]1[O-]. The fraction of sp³-hybridized carbons (Fsp3) is 0. The van der Waals surface area contributed by atoms with Crippen LogP contribution in [-0.4, -0.2) is 0 Å². The third-order valence-corrected chi connectivity index (χ3v) is 3.16. The van der Waals surface area contributed by atoms with Crippen molar-refractivity contribution in [3.05, 3.63) is 70.4 Å². The quantitative estimate of drug-likeness (QED) is 0.366. The molecule has 0 amide bonds. The lowest BCUT2D eigenvalue weighted by atomic mass is 10.2. The van der Waals surface area contributed by atoms with Crippen LogP contribution in [0, 0.1) is 16.5 Å². The van der Waals surface area contributed by atoms with E-state index in [1.807, 2.05) is 30.3 Å². The van der Waals surface area contributed by atoms with Crippen LogP contribution >= 0.6 is 11.8 Å². The maximum Gasteiger partial charge on any atom is 0.256 e. The number of pyridine rings is 1. The van der Waals surface area contributed by atoms with Crippen molar-refractivity contribution in [2.45, 2.75) is 5.03 Å². The minimum Gasteiger partial charge on any atom is -0.618 e. The Morgan fingerprint density at radius 2 is 1.89 bits per heavy atom. The number of hydrogen-bond donors (Lipinski definition) is 0. The Hall–Kier alpha value is -2.25. The van der Waals surface area contributed by atoms with Crippen LogP contribution in [0.3, 0.4) is 0 Å². The molecule has 1 heterocycles.